The van der Waals surface area contributed by atoms with Crippen molar-refractivity contribution in [2.45, 2.75) is 31.8 Å². The van der Waals surface area contributed by atoms with Crippen molar-refractivity contribution in [3.8, 4) is 11.8 Å². The number of sulfonamides is 1. The van der Waals surface area contributed by atoms with Gasteiger partial charge in [0.1, 0.15) is 5.75 Å². The molecule has 0 aromatic heterocycles. The maximum atomic E-state index is 13.3. The van der Waals surface area contributed by atoms with Crippen molar-refractivity contribution in [1.29, 1.82) is 5.26 Å². The zero-order valence-corrected chi connectivity index (χ0v) is 23.8. The molecule has 0 unspecified atom stereocenters. The van der Waals surface area contributed by atoms with Crippen molar-refractivity contribution >= 4 is 44.9 Å². The topological polar surface area (TPSA) is 149 Å². The SMILES string of the molecule is Cc1cc(S(=O)(=O)/N=C(/[O-])C(C)C)ccc1NC(=O)COc1ccc(Cl)cc1C(=O)c1cc(C#N)cc(C(F)(F)F)c1. The third-order valence-corrected chi connectivity index (χ3v) is 7.18. The van der Waals surface area contributed by atoms with E-state index in [0.29, 0.717) is 17.7 Å². The number of anilines is 1. The third kappa shape index (κ3) is 7.86. The third-order valence-electron chi connectivity index (χ3n) is 5.67. The molecule has 1 amide bonds. The van der Waals surface area contributed by atoms with Crippen molar-refractivity contribution in [2.24, 2.45) is 10.3 Å². The number of alkyl halides is 3. The van der Waals surface area contributed by atoms with Crippen LogP contribution in [0.2, 0.25) is 5.02 Å². The standard InChI is InChI=1S/C28H23ClF3N3O6S/c1-15(2)27(38)35-42(39,40)21-5-6-23(16(3)8-21)34-25(36)14-41-24-7-4-20(29)12-22(24)26(37)18-9-17(13-33)10-19(11-18)28(30,31)32/h4-12,15H,14H2,1-3H3,(H,34,36)(H,35,38)/p-1. The summed E-state index contributed by atoms with van der Waals surface area (Å²) in [4.78, 5) is 25.5. The molecule has 0 saturated heterocycles. The van der Waals surface area contributed by atoms with Gasteiger partial charge in [-0.25, -0.2) is 0 Å². The molecule has 42 heavy (non-hydrogen) atoms. The van der Waals surface area contributed by atoms with Gasteiger partial charge in [0.2, 0.25) is 0 Å². The number of amides is 1. The number of rotatable bonds is 9. The van der Waals surface area contributed by atoms with Crippen molar-refractivity contribution in [2.75, 3.05) is 11.9 Å². The molecular weight excluding hydrogens is 599 g/mol. The van der Waals surface area contributed by atoms with Gasteiger partial charge in [-0.15, -0.1) is 0 Å². The highest BCUT2D eigenvalue weighted by atomic mass is 35.5. The second-order valence-electron chi connectivity index (χ2n) is 9.25. The van der Waals surface area contributed by atoms with Crippen LogP contribution in [0.3, 0.4) is 0 Å². The van der Waals surface area contributed by atoms with E-state index in [0.717, 1.165) is 18.2 Å². The quantitative estimate of drug-likeness (QED) is 0.203. The fourth-order valence-electron chi connectivity index (χ4n) is 3.49. The van der Waals surface area contributed by atoms with Crippen molar-refractivity contribution < 1.29 is 41.0 Å². The minimum absolute atomic E-state index is 0.0649. The van der Waals surface area contributed by atoms with Crippen LogP contribution < -0.4 is 15.2 Å². The monoisotopic (exact) mass is 620 g/mol. The van der Waals surface area contributed by atoms with Gasteiger partial charge in [0.25, 0.3) is 15.9 Å². The Balaban J connectivity index is 1.81. The number of carbonyl (C=O) groups excluding carboxylic acids is 2. The summed E-state index contributed by atoms with van der Waals surface area (Å²) in [5.74, 6) is -3.22. The van der Waals surface area contributed by atoms with E-state index in [1.165, 1.54) is 45.0 Å². The molecule has 0 aliphatic rings. The number of aryl methyl sites for hydroxylation is 1. The Hall–Kier alpha value is -4.41. The van der Waals surface area contributed by atoms with Crippen LogP contribution in [0.1, 0.15) is 46.5 Å². The molecule has 0 atom stereocenters. The molecule has 0 spiro atoms. The largest absolute Gasteiger partial charge is 0.861 e. The number of nitrogens with zero attached hydrogens (tertiary/aromatic N) is 2. The normalized spacial score (nSPS) is 12.1. The van der Waals surface area contributed by atoms with E-state index in [4.69, 9.17) is 21.6 Å². The van der Waals surface area contributed by atoms with Gasteiger partial charge in [0.05, 0.1) is 27.7 Å². The summed E-state index contributed by atoms with van der Waals surface area (Å²) in [5.41, 5.74) is -1.71. The number of nitriles is 1. The van der Waals surface area contributed by atoms with Crippen LogP contribution in [-0.4, -0.2) is 32.6 Å². The average Bonchev–Trinajstić information content (AvgIpc) is 2.91. The summed E-state index contributed by atoms with van der Waals surface area (Å²) >= 11 is 6.00. The molecule has 0 radical (unpaired) electrons. The van der Waals surface area contributed by atoms with E-state index in [9.17, 15) is 36.3 Å². The molecular formula is C28H22ClF3N3O6S-. The van der Waals surface area contributed by atoms with Crippen LogP contribution in [-0.2, 0) is 21.0 Å². The lowest BCUT2D eigenvalue weighted by molar-refractivity contribution is -0.222. The first kappa shape index (κ1) is 32.1. The predicted octanol–water partition coefficient (Wildman–Crippen LogP) is 4.89. The first-order chi connectivity index (χ1) is 19.5. The number of carbonyl (C=O) groups is 2. The fraction of sp³-hybridized carbons (Fsp3) is 0.214. The van der Waals surface area contributed by atoms with E-state index >= 15 is 0 Å². The number of ketones is 1. The van der Waals surface area contributed by atoms with E-state index < -0.39 is 57.4 Å². The Morgan fingerprint density at radius 3 is 2.40 bits per heavy atom. The number of ether oxygens (including phenoxy) is 1. The smallest absolute Gasteiger partial charge is 0.416 e. The van der Waals surface area contributed by atoms with E-state index in [-0.39, 0.29) is 32.5 Å². The summed E-state index contributed by atoms with van der Waals surface area (Å²) in [6.07, 6.45) is -4.81. The summed E-state index contributed by atoms with van der Waals surface area (Å²) in [6.45, 7) is 3.88. The second kappa shape index (κ2) is 12.6. The Morgan fingerprint density at radius 2 is 1.81 bits per heavy atom. The maximum absolute atomic E-state index is 13.3. The first-order valence-corrected chi connectivity index (χ1v) is 13.9. The van der Waals surface area contributed by atoms with E-state index in [1.54, 1.807) is 6.07 Å². The van der Waals surface area contributed by atoms with Crippen molar-refractivity contribution in [3.05, 3.63) is 87.4 Å². The molecule has 0 aliphatic heterocycles. The molecule has 0 aliphatic carbocycles. The molecule has 3 aromatic rings. The maximum Gasteiger partial charge on any atom is 0.416 e. The molecule has 0 heterocycles. The van der Waals surface area contributed by atoms with Crippen LogP contribution in [0, 0.1) is 24.2 Å². The van der Waals surface area contributed by atoms with Gasteiger partial charge >= 0.3 is 6.18 Å². The first-order valence-electron chi connectivity index (χ1n) is 12.0. The molecule has 9 nitrogen and oxygen atoms in total. The molecule has 0 bridgehead atoms. The molecule has 0 saturated carbocycles. The van der Waals surface area contributed by atoms with Gasteiger partial charge in [0, 0.05) is 16.3 Å². The minimum Gasteiger partial charge on any atom is -0.861 e. The van der Waals surface area contributed by atoms with Gasteiger partial charge < -0.3 is 15.2 Å². The number of nitrogens with one attached hydrogen (secondary N) is 1. The molecule has 14 heteroatoms. The summed E-state index contributed by atoms with van der Waals surface area (Å²) in [5, 5.41) is 23.5. The van der Waals surface area contributed by atoms with E-state index in [2.05, 4.69) is 9.71 Å². The molecule has 3 rings (SSSR count). The van der Waals surface area contributed by atoms with Crippen LogP contribution in [0.4, 0.5) is 18.9 Å². The molecule has 0 fully saturated rings. The molecule has 3 aromatic carbocycles. The summed E-state index contributed by atoms with van der Waals surface area (Å²) < 4.78 is 73.5. The van der Waals surface area contributed by atoms with Gasteiger partial charge in [-0.1, -0.05) is 25.4 Å². The predicted molar refractivity (Wildman–Crippen MR) is 146 cm³/mol. The van der Waals surface area contributed by atoms with Gasteiger partial charge in [-0.2, -0.15) is 31.2 Å². The molecule has 1 N–H and O–H groups in total. The number of benzene rings is 3. The Morgan fingerprint density at radius 1 is 1.12 bits per heavy atom. The average molecular weight is 621 g/mol. The van der Waals surface area contributed by atoms with Crippen molar-refractivity contribution in [1.82, 2.24) is 0 Å². The lowest BCUT2D eigenvalue weighted by atomic mass is 9.98. The number of halogens is 4. The zero-order chi connectivity index (χ0) is 31.4. The van der Waals surface area contributed by atoms with Gasteiger partial charge in [-0.05, 0) is 78.9 Å². The van der Waals surface area contributed by atoms with Crippen LogP contribution >= 0.6 is 11.6 Å². The highest BCUT2D eigenvalue weighted by Crippen LogP contribution is 2.32. The molecule has 220 valence electrons. The zero-order valence-electron chi connectivity index (χ0n) is 22.2. The highest BCUT2D eigenvalue weighted by Gasteiger charge is 2.32. The summed E-state index contributed by atoms with van der Waals surface area (Å²) in [6, 6.07) is 11.2. The second-order valence-corrected chi connectivity index (χ2v) is 11.3. The summed E-state index contributed by atoms with van der Waals surface area (Å²) in [7, 11) is -4.26. The lowest BCUT2D eigenvalue weighted by Crippen LogP contribution is -2.25. The van der Waals surface area contributed by atoms with Crippen LogP contribution in [0.15, 0.2) is 63.9 Å². The van der Waals surface area contributed by atoms with E-state index in [1.807, 2.05) is 0 Å². The fourth-order valence-corrected chi connectivity index (χ4v) is 4.78. The van der Waals surface area contributed by atoms with Gasteiger partial charge in [-0.3, -0.25) is 9.59 Å². The van der Waals surface area contributed by atoms with Crippen LogP contribution in [0.5, 0.6) is 5.75 Å². The highest BCUT2D eigenvalue weighted by molar-refractivity contribution is 7.90. The minimum atomic E-state index is -4.81. The van der Waals surface area contributed by atoms with Gasteiger partial charge in [0.15, 0.2) is 12.4 Å². The Bertz CT molecular complexity index is 1730. The van der Waals surface area contributed by atoms with Crippen LogP contribution in [0.25, 0.3) is 0 Å². The number of hydrogen-bond acceptors (Lipinski definition) is 7. The van der Waals surface area contributed by atoms with Crippen molar-refractivity contribution in [3.63, 3.8) is 0 Å². The Kier molecular flexibility index (Phi) is 9.65. The number of hydrogen-bond donors (Lipinski definition) is 1. The lowest BCUT2D eigenvalue weighted by Gasteiger charge is -2.15. The Labute approximate surface area is 244 Å².